The first-order valence-corrected chi connectivity index (χ1v) is 8.52. The largest absolute Gasteiger partial charge is 0.466 e. The molecular formula is C19H25NO4. The first kappa shape index (κ1) is 19.7. The quantitative estimate of drug-likeness (QED) is 0.346. The number of benzene rings is 1. The molecule has 0 heterocycles. The number of carbonyl (C=O) groups is 2. The van der Waals surface area contributed by atoms with Crippen LogP contribution in [0.1, 0.15) is 63.9 Å². The summed E-state index contributed by atoms with van der Waals surface area (Å²) in [5, 5.41) is 8.69. The molecular weight excluding hydrogens is 306 g/mol. The summed E-state index contributed by atoms with van der Waals surface area (Å²) in [6, 6.07) is 8.31. The molecule has 130 valence electrons. The van der Waals surface area contributed by atoms with Crippen molar-refractivity contribution in [2.24, 2.45) is 0 Å². The van der Waals surface area contributed by atoms with Crippen molar-refractivity contribution in [3.63, 3.8) is 0 Å². The van der Waals surface area contributed by atoms with Gasteiger partial charge in [-0.1, -0.05) is 32.6 Å². The zero-order valence-corrected chi connectivity index (χ0v) is 14.3. The van der Waals surface area contributed by atoms with Crippen molar-refractivity contribution in [1.82, 2.24) is 0 Å². The van der Waals surface area contributed by atoms with Crippen LogP contribution in [0, 0.1) is 11.3 Å². The Kier molecular flexibility index (Phi) is 9.95. The number of esters is 2. The minimum atomic E-state index is -0.396. The Morgan fingerprint density at radius 1 is 0.958 bits per heavy atom. The molecule has 0 aromatic heterocycles. The fraction of sp³-hybridized carbons (Fsp3) is 0.526. The van der Waals surface area contributed by atoms with E-state index >= 15 is 0 Å². The fourth-order valence-electron chi connectivity index (χ4n) is 2.12. The minimum Gasteiger partial charge on any atom is -0.466 e. The monoisotopic (exact) mass is 331 g/mol. The highest BCUT2D eigenvalue weighted by Crippen LogP contribution is 2.13. The molecule has 0 fully saturated rings. The van der Waals surface area contributed by atoms with Gasteiger partial charge in [0, 0.05) is 12.8 Å². The van der Waals surface area contributed by atoms with E-state index in [4.69, 9.17) is 14.7 Å². The number of rotatable bonds is 11. The fourth-order valence-corrected chi connectivity index (χ4v) is 2.12. The molecule has 0 aliphatic rings. The molecule has 0 radical (unpaired) electrons. The highest BCUT2D eigenvalue weighted by atomic mass is 16.5. The van der Waals surface area contributed by atoms with Gasteiger partial charge in [0.05, 0.1) is 18.2 Å². The van der Waals surface area contributed by atoms with Gasteiger partial charge >= 0.3 is 11.9 Å². The Labute approximate surface area is 143 Å². The molecule has 0 spiro atoms. The average molecular weight is 331 g/mol. The topological polar surface area (TPSA) is 76.4 Å². The van der Waals surface area contributed by atoms with Gasteiger partial charge in [-0.25, -0.2) is 0 Å². The first-order valence-electron chi connectivity index (χ1n) is 8.52. The Bertz CT molecular complexity index is 545. The van der Waals surface area contributed by atoms with Crippen molar-refractivity contribution in [1.29, 1.82) is 5.26 Å². The van der Waals surface area contributed by atoms with Gasteiger partial charge in [-0.2, -0.15) is 5.26 Å². The van der Waals surface area contributed by atoms with E-state index in [1.54, 1.807) is 24.3 Å². The second-order valence-electron chi connectivity index (χ2n) is 5.60. The normalized spacial score (nSPS) is 10.0. The van der Waals surface area contributed by atoms with Gasteiger partial charge in [-0.05, 0) is 37.1 Å². The van der Waals surface area contributed by atoms with E-state index in [1.807, 2.05) is 6.07 Å². The molecule has 0 amide bonds. The number of carbonyl (C=O) groups excluding carboxylic acids is 2. The summed E-state index contributed by atoms with van der Waals surface area (Å²) in [7, 11) is 0. The molecule has 5 nitrogen and oxygen atoms in total. The molecule has 0 saturated heterocycles. The third-order valence-electron chi connectivity index (χ3n) is 3.49. The van der Waals surface area contributed by atoms with Crippen LogP contribution in [0.25, 0.3) is 0 Å². The zero-order valence-electron chi connectivity index (χ0n) is 14.3. The predicted octanol–water partition coefficient (Wildman–Crippen LogP) is 4.15. The second-order valence-corrected chi connectivity index (χ2v) is 5.60. The summed E-state index contributed by atoms with van der Waals surface area (Å²) in [5.74, 6) is -0.266. The van der Waals surface area contributed by atoms with Crippen LogP contribution >= 0.6 is 0 Å². The molecule has 0 unspecified atom stereocenters. The van der Waals surface area contributed by atoms with Gasteiger partial charge in [0.25, 0.3) is 0 Å². The van der Waals surface area contributed by atoms with Crippen LogP contribution in [0.3, 0.4) is 0 Å². The second kappa shape index (κ2) is 12.1. The third-order valence-corrected chi connectivity index (χ3v) is 3.49. The van der Waals surface area contributed by atoms with Crippen LogP contribution in [0.4, 0.5) is 0 Å². The van der Waals surface area contributed by atoms with E-state index < -0.39 is 5.97 Å². The van der Waals surface area contributed by atoms with E-state index in [0.29, 0.717) is 24.3 Å². The predicted molar refractivity (Wildman–Crippen MR) is 90.4 cm³/mol. The maximum absolute atomic E-state index is 11.7. The summed E-state index contributed by atoms with van der Waals surface area (Å²) in [6.07, 6.45) is 6.35. The number of ether oxygens (including phenoxy) is 2. The Morgan fingerprint density at radius 3 is 2.29 bits per heavy atom. The smallest absolute Gasteiger partial charge is 0.311 e. The maximum Gasteiger partial charge on any atom is 0.311 e. The lowest BCUT2D eigenvalue weighted by Crippen LogP contribution is -2.10. The van der Waals surface area contributed by atoms with Gasteiger partial charge in [0.2, 0.25) is 0 Å². The van der Waals surface area contributed by atoms with E-state index in [1.165, 1.54) is 19.3 Å². The van der Waals surface area contributed by atoms with Crippen molar-refractivity contribution in [2.45, 2.75) is 58.3 Å². The summed E-state index contributed by atoms with van der Waals surface area (Å²) >= 11 is 0. The number of unbranched alkanes of at least 4 members (excludes halogenated alkanes) is 4. The van der Waals surface area contributed by atoms with Gasteiger partial charge < -0.3 is 9.47 Å². The van der Waals surface area contributed by atoms with Crippen LogP contribution < -0.4 is 4.74 Å². The molecule has 1 rings (SSSR count). The molecule has 1 aromatic carbocycles. The third kappa shape index (κ3) is 8.94. The molecule has 0 bridgehead atoms. The standard InChI is InChI=1S/C19H25NO4/c1-2-3-4-5-6-14-23-18(21)8-7-9-19(22)24-17-12-10-16(15-20)11-13-17/h10-13H,2-9,14H2,1H3. The molecule has 0 N–H and O–H groups in total. The lowest BCUT2D eigenvalue weighted by Gasteiger charge is -2.05. The Balaban J connectivity index is 2.09. The maximum atomic E-state index is 11.7. The number of nitriles is 1. The first-order chi connectivity index (χ1) is 11.7. The number of hydrogen-bond acceptors (Lipinski definition) is 5. The number of nitrogens with zero attached hydrogens (tertiary/aromatic N) is 1. The highest BCUT2D eigenvalue weighted by Gasteiger charge is 2.08. The van der Waals surface area contributed by atoms with E-state index in [9.17, 15) is 9.59 Å². The van der Waals surface area contributed by atoms with Gasteiger partial charge in [0.15, 0.2) is 0 Å². The van der Waals surface area contributed by atoms with Crippen LogP contribution in [-0.2, 0) is 14.3 Å². The number of hydrogen-bond donors (Lipinski definition) is 0. The molecule has 0 atom stereocenters. The van der Waals surface area contributed by atoms with Gasteiger partial charge in [0.1, 0.15) is 5.75 Å². The van der Waals surface area contributed by atoms with E-state index in [2.05, 4.69) is 6.92 Å². The average Bonchev–Trinajstić information content (AvgIpc) is 2.58. The zero-order chi connectivity index (χ0) is 17.6. The molecule has 0 saturated carbocycles. The SMILES string of the molecule is CCCCCCCOC(=O)CCCC(=O)Oc1ccc(C#N)cc1. The lowest BCUT2D eigenvalue weighted by atomic mass is 10.2. The summed E-state index contributed by atoms with van der Waals surface area (Å²) in [5.41, 5.74) is 0.507. The van der Waals surface area contributed by atoms with Crippen LogP contribution in [0.2, 0.25) is 0 Å². The highest BCUT2D eigenvalue weighted by molar-refractivity contribution is 5.74. The van der Waals surface area contributed by atoms with E-state index in [0.717, 1.165) is 12.8 Å². The Morgan fingerprint density at radius 2 is 1.62 bits per heavy atom. The molecule has 0 aliphatic carbocycles. The van der Waals surface area contributed by atoms with Gasteiger partial charge in [-0.3, -0.25) is 9.59 Å². The van der Waals surface area contributed by atoms with Crippen molar-refractivity contribution in [2.75, 3.05) is 6.61 Å². The molecule has 0 aliphatic heterocycles. The summed E-state index contributed by atoms with van der Waals surface area (Å²) < 4.78 is 10.3. The van der Waals surface area contributed by atoms with Crippen molar-refractivity contribution >= 4 is 11.9 Å². The van der Waals surface area contributed by atoms with Crippen molar-refractivity contribution < 1.29 is 19.1 Å². The Hall–Kier alpha value is -2.35. The summed E-state index contributed by atoms with van der Waals surface area (Å²) in [4.78, 5) is 23.2. The van der Waals surface area contributed by atoms with Crippen molar-refractivity contribution in [3.8, 4) is 11.8 Å². The summed E-state index contributed by atoms with van der Waals surface area (Å²) in [6.45, 7) is 2.62. The van der Waals surface area contributed by atoms with Crippen LogP contribution in [0.15, 0.2) is 24.3 Å². The molecule has 24 heavy (non-hydrogen) atoms. The van der Waals surface area contributed by atoms with Crippen LogP contribution in [-0.4, -0.2) is 18.5 Å². The van der Waals surface area contributed by atoms with Crippen molar-refractivity contribution in [3.05, 3.63) is 29.8 Å². The van der Waals surface area contributed by atoms with Gasteiger partial charge in [-0.15, -0.1) is 0 Å². The molecule has 5 heteroatoms. The molecule has 1 aromatic rings. The lowest BCUT2D eigenvalue weighted by molar-refractivity contribution is -0.144. The van der Waals surface area contributed by atoms with E-state index in [-0.39, 0.29) is 18.8 Å². The minimum absolute atomic E-state index is 0.158. The van der Waals surface area contributed by atoms with Crippen LogP contribution in [0.5, 0.6) is 5.75 Å².